The Labute approximate surface area is 129 Å². The van der Waals surface area contributed by atoms with E-state index in [-0.39, 0.29) is 5.41 Å². The zero-order valence-corrected chi connectivity index (χ0v) is 13.6. The van der Waals surface area contributed by atoms with Crippen molar-refractivity contribution in [3.63, 3.8) is 0 Å². The Bertz CT molecular complexity index is 387. The predicted octanol–water partition coefficient (Wildman–Crippen LogP) is 2.67. The molecule has 0 saturated carbocycles. The largest absolute Gasteiger partial charge is 0.380 e. The molecule has 21 heavy (non-hydrogen) atoms. The standard InChI is InChI=1S/C18H30N2O/c1-3-10-19-15-18(2,17-8-5-4-6-9-17)16-20-11-7-13-21-14-12-20/h4-6,8-9,19H,3,7,10-16H2,1-2H3. The van der Waals surface area contributed by atoms with Crippen LogP contribution in [0.25, 0.3) is 0 Å². The maximum Gasteiger partial charge on any atom is 0.0593 e. The minimum absolute atomic E-state index is 0.154. The second-order valence-corrected chi connectivity index (χ2v) is 6.35. The molecule has 0 aromatic heterocycles. The van der Waals surface area contributed by atoms with Crippen molar-refractivity contribution in [3.05, 3.63) is 35.9 Å². The summed E-state index contributed by atoms with van der Waals surface area (Å²) in [5, 5.41) is 3.62. The van der Waals surface area contributed by atoms with Crippen molar-refractivity contribution >= 4 is 0 Å². The van der Waals surface area contributed by atoms with E-state index in [0.717, 1.165) is 52.4 Å². The summed E-state index contributed by atoms with van der Waals surface area (Å²) in [6.45, 7) is 11.8. The molecule has 1 saturated heterocycles. The third-order valence-corrected chi connectivity index (χ3v) is 4.30. The molecule has 1 heterocycles. The van der Waals surface area contributed by atoms with Gasteiger partial charge in [0.05, 0.1) is 6.61 Å². The maximum atomic E-state index is 5.59. The lowest BCUT2D eigenvalue weighted by molar-refractivity contribution is 0.136. The first-order valence-electron chi connectivity index (χ1n) is 8.31. The summed E-state index contributed by atoms with van der Waals surface area (Å²) in [7, 11) is 0. The molecule has 0 spiro atoms. The molecule has 1 unspecified atom stereocenters. The summed E-state index contributed by atoms with van der Waals surface area (Å²) >= 11 is 0. The predicted molar refractivity (Wildman–Crippen MR) is 88.8 cm³/mol. The molecule has 1 aliphatic rings. The van der Waals surface area contributed by atoms with Crippen LogP contribution in [0.15, 0.2) is 30.3 Å². The van der Waals surface area contributed by atoms with E-state index >= 15 is 0 Å². The van der Waals surface area contributed by atoms with Crippen LogP contribution < -0.4 is 5.32 Å². The van der Waals surface area contributed by atoms with E-state index in [2.05, 4.69) is 54.4 Å². The summed E-state index contributed by atoms with van der Waals surface area (Å²) in [6.07, 6.45) is 2.33. The van der Waals surface area contributed by atoms with Gasteiger partial charge in [0.2, 0.25) is 0 Å². The highest BCUT2D eigenvalue weighted by atomic mass is 16.5. The summed E-state index contributed by atoms with van der Waals surface area (Å²) in [4.78, 5) is 2.56. The van der Waals surface area contributed by atoms with Gasteiger partial charge in [0.1, 0.15) is 0 Å². The van der Waals surface area contributed by atoms with Crippen LogP contribution in [0.2, 0.25) is 0 Å². The van der Waals surface area contributed by atoms with Gasteiger partial charge in [-0.3, -0.25) is 0 Å². The number of benzene rings is 1. The zero-order chi connectivity index (χ0) is 15.0. The number of ether oxygens (including phenoxy) is 1. The highest BCUT2D eigenvalue weighted by Crippen LogP contribution is 2.25. The van der Waals surface area contributed by atoms with Gasteiger partial charge in [-0.05, 0) is 24.9 Å². The Balaban J connectivity index is 2.06. The highest BCUT2D eigenvalue weighted by molar-refractivity contribution is 5.25. The van der Waals surface area contributed by atoms with Crippen molar-refractivity contribution in [2.45, 2.75) is 32.1 Å². The lowest BCUT2D eigenvalue weighted by Gasteiger charge is -2.36. The van der Waals surface area contributed by atoms with Gasteiger partial charge in [0, 0.05) is 38.2 Å². The molecule has 3 nitrogen and oxygen atoms in total. The summed E-state index contributed by atoms with van der Waals surface area (Å²) in [5.41, 5.74) is 1.58. The van der Waals surface area contributed by atoms with E-state index in [1.807, 2.05) is 0 Å². The normalized spacial score (nSPS) is 19.9. The van der Waals surface area contributed by atoms with Crippen molar-refractivity contribution in [1.82, 2.24) is 10.2 Å². The molecule has 2 rings (SSSR count). The summed E-state index contributed by atoms with van der Waals surface area (Å²) < 4.78 is 5.59. The van der Waals surface area contributed by atoms with Crippen molar-refractivity contribution in [1.29, 1.82) is 0 Å². The average molecular weight is 290 g/mol. The molecule has 3 heteroatoms. The molecule has 118 valence electrons. The van der Waals surface area contributed by atoms with Gasteiger partial charge >= 0.3 is 0 Å². The Morgan fingerprint density at radius 1 is 1.19 bits per heavy atom. The minimum Gasteiger partial charge on any atom is -0.380 e. The van der Waals surface area contributed by atoms with Crippen molar-refractivity contribution in [2.75, 3.05) is 45.9 Å². The topological polar surface area (TPSA) is 24.5 Å². The van der Waals surface area contributed by atoms with Gasteiger partial charge < -0.3 is 15.0 Å². The van der Waals surface area contributed by atoms with Gasteiger partial charge in [0.15, 0.2) is 0 Å². The van der Waals surface area contributed by atoms with Crippen LogP contribution in [0, 0.1) is 0 Å². The molecular formula is C18H30N2O. The minimum atomic E-state index is 0.154. The third-order valence-electron chi connectivity index (χ3n) is 4.30. The molecule has 1 aromatic rings. The monoisotopic (exact) mass is 290 g/mol. The van der Waals surface area contributed by atoms with Gasteiger partial charge in [-0.25, -0.2) is 0 Å². The lowest BCUT2D eigenvalue weighted by atomic mass is 9.81. The lowest BCUT2D eigenvalue weighted by Crippen LogP contribution is -2.46. The SMILES string of the molecule is CCCNCC(C)(CN1CCCOCC1)c1ccccc1. The Morgan fingerprint density at radius 2 is 2.00 bits per heavy atom. The van der Waals surface area contributed by atoms with Crippen LogP contribution in [0.4, 0.5) is 0 Å². The molecule has 0 amide bonds. The summed E-state index contributed by atoms with van der Waals surface area (Å²) in [6, 6.07) is 10.9. The average Bonchev–Trinajstić information content (AvgIpc) is 2.77. The smallest absolute Gasteiger partial charge is 0.0593 e. The quantitative estimate of drug-likeness (QED) is 0.781. The van der Waals surface area contributed by atoms with E-state index in [4.69, 9.17) is 4.74 Å². The Morgan fingerprint density at radius 3 is 2.76 bits per heavy atom. The Hall–Kier alpha value is -0.900. The molecule has 1 N–H and O–H groups in total. The maximum absolute atomic E-state index is 5.59. The van der Waals surface area contributed by atoms with Crippen LogP contribution in [0.1, 0.15) is 32.3 Å². The molecular weight excluding hydrogens is 260 g/mol. The molecule has 1 atom stereocenters. The van der Waals surface area contributed by atoms with E-state index in [0.29, 0.717) is 0 Å². The number of rotatable bonds is 7. The van der Waals surface area contributed by atoms with Crippen LogP contribution in [-0.4, -0.2) is 50.8 Å². The van der Waals surface area contributed by atoms with E-state index in [1.165, 1.54) is 12.0 Å². The van der Waals surface area contributed by atoms with Gasteiger partial charge in [-0.2, -0.15) is 0 Å². The second kappa shape index (κ2) is 8.52. The molecule has 0 bridgehead atoms. The van der Waals surface area contributed by atoms with Crippen LogP contribution in [0.3, 0.4) is 0 Å². The van der Waals surface area contributed by atoms with E-state index < -0.39 is 0 Å². The molecule has 1 aliphatic heterocycles. The molecule has 1 aromatic carbocycles. The first-order chi connectivity index (χ1) is 10.2. The number of hydrogen-bond donors (Lipinski definition) is 1. The third kappa shape index (κ3) is 5.10. The highest BCUT2D eigenvalue weighted by Gasteiger charge is 2.29. The van der Waals surface area contributed by atoms with Crippen LogP contribution >= 0.6 is 0 Å². The Kier molecular flexibility index (Phi) is 6.68. The fraction of sp³-hybridized carbons (Fsp3) is 0.667. The van der Waals surface area contributed by atoms with Gasteiger partial charge in [-0.1, -0.05) is 44.2 Å². The van der Waals surface area contributed by atoms with Crippen LogP contribution in [-0.2, 0) is 10.2 Å². The summed E-state index contributed by atoms with van der Waals surface area (Å²) in [5.74, 6) is 0. The van der Waals surface area contributed by atoms with Crippen molar-refractivity contribution in [2.24, 2.45) is 0 Å². The fourth-order valence-corrected chi connectivity index (χ4v) is 3.08. The van der Waals surface area contributed by atoms with E-state index in [1.54, 1.807) is 0 Å². The molecule has 0 aliphatic carbocycles. The zero-order valence-electron chi connectivity index (χ0n) is 13.6. The van der Waals surface area contributed by atoms with E-state index in [9.17, 15) is 0 Å². The number of hydrogen-bond acceptors (Lipinski definition) is 3. The van der Waals surface area contributed by atoms with Gasteiger partial charge in [0.25, 0.3) is 0 Å². The first-order valence-corrected chi connectivity index (χ1v) is 8.31. The number of nitrogens with zero attached hydrogens (tertiary/aromatic N) is 1. The van der Waals surface area contributed by atoms with Crippen molar-refractivity contribution in [3.8, 4) is 0 Å². The molecule has 1 fully saturated rings. The second-order valence-electron chi connectivity index (χ2n) is 6.35. The fourth-order valence-electron chi connectivity index (χ4n) is 3.08. The first kappa shape index (κ1) is 16.5. The molecule has 0 radical (unpaired) electrons. The number of nitrogens with one attached hydrogen (secondary N) is 1. The van der Waals surface area contributed by atoms with Gasteiger partial charge in [-0.15, -0.1) is 0 Å². The van der Waals surface area contributed by atoms with Crippen molar-refractivity contribution < 1.29 is 4.74 Å². The van der Waals surface area contributed by atoms with Crippen LogP contribution in [0.5, 0.6) is 0 Å².